The van der Waals surface area contributed by atoms with Gasteiger partial charge in [-0.15, -0.1) is 0 Å². The third-order valence-electron chi connectivity index (χ3n) is 4.82. The van der Waals surface area contributed by atoms with E-state index in [4.69, 9.17) is 4.74 Å². The van der Waals surface area contributed by atoms with Gasteiger partial charge < -0.3 is 10.1 Å². The van der Waals surface area contributed by atoms with Crippen LogP contribution in [0.2, 0.25) is 0 Å². The van der Waals surface area contributed by atoms with Crippen molar-refractivity contribution >= 4 is 5.91 Å². The van der Waals surface area contributed by atoms with Gasteiger partial charge >= 0.3 is 0 Å². The molecule has 0 spiro atoms. The van der Waals surface area contributed by atoms with Gasteiger partial charge in [-0.3, -0.25) is 4.79 Å². The maximum Gasteiger partial charge on any atom is 0.224 e. The molecule has 1 N–H and O–H groups in total. The van der Waals surface area contributed by atoms with Crippen LogP contribution in [0.25, 0.3) is 5.69 Å². The van der Waals surface area contributed by atoms with E-state index in [1.165, 1.54) is 0 Å². The first kappa shape index (κ1) is 16.7. The average molecular weight is 327 g/mol. The first-order chi connectivity index (χ1) is 11.5. The Labute approximate surface area is 143 Å². The molecule has 2 aromatic rings. The topological polar surface area (TPSA) is 56.2 Å². The number of nitrogens with one attached hydrogen (secondary N) is 1. The molecule has 2 heterocycles. The lowest BCUT2D eigenvalue weighted by Crippen LogP contribution is -2.50. The number of nitrogens with zero attached hydrogens (tertiary/aromatic N) is 2. The molecule has 24 heavy (non-hydrogen) atoms. The van der Waals surface area contributed by atoms with Crippen molar-refractivity contribution in [2.24, 2.45) is 0 Å². The van der Waals surface area contributed by atoms with E-state index < -0.39 is 0 Å². The third kappa shape index (κ3) is 3.51. The minimum atomic E-state index is -0.160. The van der Waals surface area contributed by atoms with E-state index in [9.17, 15) is 4.79 Å². The second-order valence-electron chi connectivity index (χ2n) is 6.79. The van der Waals surface area contributed by atoms with Crippen LogP contribution in [0, 0.1) is 13.8 Å². The molecule has 1 aromatic heterocycles. The van der Waals surface area contributed by atoms with E-state index >= 15 is 0 Å². The van der Waals surface area contributed by atoms with Gasteiger partial charge in [-0.2, -0.15) is 5.10 Å². The summed E-state index contributed by atoms with van der Waals surface area (Å²) in [5, 5.41) is 7.81. The molecule has 1 amide bonds. The van der Waals surface area contributed by atoms with Crippen LogP contribution < -0.4 is 5.32 Å². The molecular weight excluding hydrogens is 302 g/mol. The van der Waals surface area contributed by atoms with Crippen LogP contribution in [0.15, 0.2) is 30.3 Å². The smallest absolute Gasteiger partial charge is 0.224 e. The van der Waals surface area contributed by atoms with Crippen LogP contribution in [0.1, 0.15) is 36.7 Å². The molecule has 5 heteroatoms. The lowest BCUT2D eigenvalue weighted by Gasteiger charge is -2.34. The summed E-state index contributed by atoms with van der Waals surface area (Å²) in [6.07, 6.45) is 2.08. The number of carbonyl (C=O) groups is 1. The van der Waals surface area contributed by atoms with E-state index in [0.717, 1.165) is 35.5 Å². The van der Waals surface area contributed by atoms with Crippen LogP contribution in [-0.4, -0.2) is 34.4 Å². The zero-order valence-corrected chi connectivity index (χ0v) is 14.6. The Hall–Kier alpha value is -2.14. The van der Waals surface area contributed by atoms with Gasteiger partial charge in [0.2, 0.25) is 5.91 Å². The monoisotopic (exact) mass is 327 g/mol. The molecule has 3 rings (SSSR count). The summed E-state index contributed by atoms with van der Waals surface area (Å²) in [7, 11) is 0. The van der Waals surface area contributed by atoms with E-state index in [2.05, 4.69) is 17.3 Å². The predicted molar refractivity (Wildman–Crippen MR) is 93.3 cm³/mol. The lowest BCUT2D eigenvalue weighted by atomic mass is 9.92. The molecule has 0 unspecified atom stereocenters. The molecule has 0 saturated carbocycles. The highest BCUT2D eigenvalue weighted by Gasteiger charge is 2.29. The number of rotatable bonds is 4. The number of para-hydroxylation sites is 1. The Kier molecular flexibility index (Phi) is 4.71. The van der Waals surface area contributed by atoms with Gasteiger partial charge in [0.15, 0.2) is 0 Å². The van der Waals surface area contributed by atoms with Gasteiger partial charge in [0.1, 0.15) is 0 Å². The van der Waals surface area contributed by atoms with Gasteiger partial charge in [0.05, 0.1) is 17.8 Å². The molecule has 0 atom stereocenters. The van der Waals surface area contributed by atoms with Crippen molar-refractivity contribution in [3.05, 3.63) is 47.3 Å². The zero-order chi connectivity index (χ0) is 17.2. The fraction of sp³-hybridized carbons (Fsp3) is 0.474. The highest BCUT2D eigenvalue weighted by atomic mass is 16.5. The fourth-order valence-electron chi connectivity index (χ4n) is 3.24. The van der Waals surface area contributed by atoms with Gasteiger partial charge in [0, 0.05) is 30.0 Å². The summed E-state index contributed by atoms with van der Waals surface area (Å²) in [4.78, 5) is 12.5. The Morgan fingerprint density at radius 1 is 1.25 bits per heavy atom. The lowest BCUT2D eigenvalue weighted by molar-refractivity contribution is -0.123. The maximum absolute atomic E-state index is 12.5. The largest absolute Gasteiger partial charge is 0.381 e. The summed E-state index contributed by atoms with van der Waals surface area (Å²) in [5.74, 6) is 0.0539. The summed E-state index contributed by atoms with van der Waals surface area (Å²) >= 11 is 0. The SMILES string of the molecule is Cc1nn(-c2ccccc2)c(C)c1CC(=O)NC1(C)CCOCC1. The van der Waals surface area contributed by atoms with Gasteiger partial charge in [0.25, 0.3) is 0 Å². The number of hydrogen-bond acceptors (Lipinski definition) is 3. The Morgan fingerprint density at radius 3 is 2.58 bits per heavy atom. The van der Waals surface area contributed by atoms with Crippen molar-refractivity contribution in [3.8, 4) is 5.69 Å². The number of hydrogen-bond donors (Lipinski definition) is 1. The van der Waals surface area contributed by atoms with Crippen LogP contribution in [0.4, 0.5) is 0 Å². The second-order valence-corrected chi connectivity index (χ2v) is 6.79. The van der Waals surface area contributed by atoms with Gasteiger partial charge in [-0.1, -0.05) is 18.2 Å². The molecule has 0 aliphatic carbocycles. The van der Waals surface area contributed by atoms with E-state index in [0.29, 0.717) is 19.6 Å². The minimum Gasteiger partial charge on any atom is -0.381 e. The predicted octanol–water partition coefficient (Wildman–Crippen LogP) is 2.72. The summed E-state index contributed by atoms with van der Waals surface area (Å²) in [6, 6.07) is 10.0. The number of carbonyl (C=O) groups excluding carboxylic acids is 1. The molecule has 1 aromatic carbocycles. The van der Waals surface area contributed by atoms with Crippen molar-refractivity contribution in [2.75, 3.05) is 13.2 Å². The molecule has 0 bridgehead atoms. The molecule has 1 saturated heterocycles. The van der Waals surface area contributed by atoms with E-state index in [-0.39, 0.29) is 11.4 Å². The number of ether oxygens (including phenoxy) is 1. The van der Waals surface area contributed by atoms with Crippen LogP contribution in [0.5, 0.6) is 0 Å². The highest BCUT2D eigenvalue weighted by Crippen LogP contribution is 2.22. The molecular formula is C19H25N3O2. The summed E-state index contributed by atoms with van der Waals surface area (Å²) in [6.45, 7) is 7.50. The van der Waals surface area contributed by atoms with E-state index in [1.807, 2.05) is 48.9 Å². The van der Waals surface area contributed by atoms with E-state index in [1.54, 1.807) is 0 Å². The van der Waals surface area contributed by atoms with Gasteiger partial charge in [-0.05, 0) is 45.7 Å². The van der Waals surface area contributed by atoms with Crippen molar-refractivity contribution < 1.29 is 9.53 Å². The highest BCUT2D eigenvalue weighted by molar-refractivity contribution is 5.80. The maximum atomic E-state index is 12.5. The quantitative estimate of drug-likeness (QED) is 0.939. The molecule has 1 fully saturated rings. The number of benzene rings is 1. The Balaban J connectivity index is 1.76. The summed E-state index contributed by atoms with van der Waals surface area (Å²) in [5.41, 5.74) is 3.79. The molecule has 5 nitrogen and oxygen atoms in total. The van der Waals surface area contributed by atoms with Crippen molar-refractivity contribution in [1.82, 2.24) is 15.1 Å². The Bertz CT molecular complexity index is 716. The summed E-state index contributed by atoms with van der Waals surface area (Å²) < 4.78 is 7.30. The second kappa shape index (κ2) is 6.77. The van der Waals surface area contributed by atoms with Crippen LogP contribution in [-0.2, 0) is 16.0 Å². The molecule has 1 aliphatic heterocycles. The molecule has 0 radical (unpaired) electrons. The fourth-order valence-corrected chi connectivity index (χ4v) is 3.24. The third-order valence-corrected chi connectivity index (χ3v) is 4.82. The van der Waals surface area contributed by atoms with Crippen LogP contribution >= 0.6 is 0 Å². The van der Waals surface area contributed by atoms with Gasteiger partial charge in [-0.25, -0.2) is 4.68 Å². The molecule has 1 aliphatic rings. The number of aryl methyl sites for hydroxylation is 1. The first-order valence-electron chi connectivity index (χ1n) is 8.48. The number of amides is 1. The minimum absolute atomic E-state index is 0.0539. The first-order valence-corrected chi connectivity index (χ1v) is 8.48. The van der Waals surface area contributed by atoms with Crippen LogP contribution in [0.3, 0.4) is 0 Å². The average Bonchev–Trinajstić information content (AvgIpc) is 2.84. The van der Waals surface area contributed by atoms with Crippen molar-refractivity contribution in [1.29, 1.82) is 0 Å². The Morgan fingerprint density at radius 2 is 1.92 bits per heavy atom. The zero-order valence-electron chi connectivity index (χ0n) is 14.6. The normalized spacial score (nSPS) is 16.8. The van der Waals surface area contributed by atoms with Crippen molar-refractivity contribution in [2.45, 2.75) is 45.6 Å². The number of aromatic nitrogens is 2. The van der Waals surface area contributed by atoms with Crippen molar-refractivity contribution in [3.63, 3.8) is 0 Å². The standard InChI is InChI=1S/C19H25N3O2/c1-14-17(13-18(23)20-19(3)9-11-24-12-10-19)15(2)22(21-14)16-7-5-4-6-8-16/h4-8H,9-13H2,1-3H3,(H,20,23). The molecule has 128 valence electrons.